The lowest BCUT2D eigenvalue weighted by molar-refractivity contribution is -0.134. The van der Waals surface area contributed by atoms with E-state index in [2.05, 4.69) is 115 Å². The Hall–Kier alpha value is -3.37. The number of carbonyl (C=O) groups is 1. The van der Waals surface area contributed by atoms with Gasteiger partial charge in [0, 0.05) is 35.1 Å². The monoisotopic (exact) mass is 493 g/mol. The van der Waals surface area contributed by atoms with Gasteiger partial charge in [-0.15, -0.1) is 0 Å². The molecule has 0 spiro atoms. The molecule has 2 atom stereocenters. The second-order valence-corrected chi connectivity index (χ2v) is 10.6. The predicted octanol–water partition coefficient (Wildman–Crippen LogP) is 6.87. The summed E-state index contributed by atoms with van der Waals surface area (Å²) in [4.78, 5) is 22.0. The average Bonchev–Trinajstić information content (AvgIpc) is 3.32. The van der Waals surface area contributed by atoms with Crippen LogP contribution in [-0.4, -0.2) is 41.3 Å². The van der Waals surface area contributed by atoms with Gasteiger partial charge in [-0.25, -0.2) is 0 Å². The highest BCUT2D eigenvalue weighted by molar-refractivity contribution is 5.86. The third kappa shape index (κ3) is 4.95. The highest BCUT2D eigenvalue weighted by Gasteiger charge is 2.38. The first kappa shape index (κ1) is 25.3. The molecule has 1 aliphatic heterocycles. The molecular weight excluding hydrogens is 454 g/mol. The minimum absolute atomic E-state index is 0.0500. The van der Waals surface area contributed by atoms with Crippen molar-refractivity contribution in [1.82, 2.24) is 14.8 Å². The molecular formula is C33H39N3O. The van der Waals surface area contributed by atoms with E-state index < -0.39 is 0 Å². The van der Waals surface area contributed by atoms with Crippen molar-refractivity contribution in [2.45, 2.75) is 57.0 Å². The number of hydrogen-bond donors (Lipinski definition) is 1. The molecule has 1 amide bonds. The van der Waals surface area contributed by atoms with E-state index in [-0.39, 0.29) is 17.5 Å². The average molecular weight is 494 g/mol. The van der Waals surface area contributed by atoms with Crippen molar-refractivity contribution in [3.63, 3.8) is 0 Å². The zero-order valence-electron chi connectivity index (χ0n) is 22.4. The maximum atomic E-state index is 13.7. The molecule has 3 aromatic carbocycles. The molecule has 0 saturated heterocycles. The van der Waals surface area contributed by atoms with Gasteiger partial charge in [-0.05, 0) is 69.0 Å². The fourth-order valence-electron chi connectivity index (χ4n) is 6.40. The van der Waals surface area contributed by atoms with Gasteiger partial charge in [-0.1, -0.05) is 85.8 Å². The van der Waals surface area contributed by atoms with Crippen LogP contribution in [0.4, 0.5) is 0 Å². The molecule has 0 bridgehead atoms. The van der Waals surface area contributed by atoms with Crippen LogP contribution < -0.4 is 0 Å². The number of nitrogens with one attached hydrogen (secondary N) is 1. The van der Waals surface area contributed by atoms with Crippen LogP contribution in [0, 0.1) is 0 Å². The molecule has 2 unspecified atom stereocenters. The normalized spacial score (nSPS) is 17.1. The van der Waals surface area contributed by atoms with E-state index in [1.807, 2.05) is 6.07 Å². The molecule has 0 fully saturated rings. The van der Waals surface area contributed by atoms with E-state index in [4.69, 9.17) is 0 Å². The summed E-state index contributed by atoms with van der Waals surface area (Å²) in [6.45, 7) is 3.06. The van der Waals surface area contributed by atoms with Gasteiger partial charge in [0.2, 0.25) is 5.91 Å². The van der Waals surface area contributed by atoms with Crippen molar-refractivity contribution in [3.8, 4) is 0 Å². The van der Waals surface area contributed by atoms with Crippen LogP contribution >= 0.6 is 0 Å². The SMILES string of the molecule is CCC(CCC1c2[nH]c3ccccc3c2CCN1C(=O)CCc1ccccc1)(c1ccccc1)N(C)C. The van der Waals surface area contributed by atoms with E-state index in [0.29, 0.717) is 6.42 Å². The molecule has 4 nitrogen and oxygen atoms in total. The number of benzene rings is 3. The van der Waals surface area contributed by atoms with Crippen molar-refractivity contribution in [2.24, 2.45) is 0 Å². The van der Waals surface area contributed by atoms with Gasteiger partial charge in [-0.3, -0.25) is 9.69 Å². The van der Waals surface area contributed by atoms with Gasteiger partial charge in [0.25, 0.3) is 0 Å². The summed E-state index contributed by atoms with van der Waals surface area (Å²) in [5.41, 5.74) is 6.28. The first-order chi connectivity index (χ1) is 18.0. The van der Waals surface area contributed by atoms with Crippen LogP contribution in [0.15, 0.2) is 84.9 Å². The van der Waals surface area contributed by atoms with Gasteiger partial charge < -0.3 is 9.88 Å². The molecule has 1 aromatic heterocycles. The first-order valence-corrected chi connectivity index (χ1v) is 13.7. The molecule has 192 valence electrons. The molecule has 2 heterocycles. The maximum absolute atomic E-state index is 13.7. The number of para-hydroxylation sites is 1. The van der Waals surface area contributed by atoms with Gasteiger partial charge in [0.15, 0.2) is 0 Å². The fourth-order valence-corrected chi connectivity index (χ4v) is 6.40. The topological polar surface area (TPSA) is 39.3 Å². The highest BCUT2D eigenvalue weighted by Crippen LogP contribution is 2.42. The number of aryl methyl sites for hydroxylation is 1. The number of hydrogen-bond acceptors (Lipinski definition) is 2. The molecule has 1 aliphatic rings. The van der Waals surface area contributed by atoms with Crippen molar-refractivity contribution < 1.29 is 4.79 Å². The molecule has 4 heteroatoms. The summed E-state index contributed by atoms with van der Waals surface area (Å²) in [5, 5.41) is 1.30. The minimum atomic E-state index is -0.0797. The van der Waals surface area contributed by atoms with Crippen LogP contribution in [0.2, 0.25) is 0 Å². The van der Waals surface area contributed by atoms with E-state index in [9.17, 15) is 4.79 Å². The van der Waals surface area contributed by atoms with Crippen LogP contribution in [0.25, 0.3) is 10.9 Å². The Bertz CT molecular complexity index is 1330. The van der Waals surface area contributed by atoms with E-state index in [0.717, 1.165) is 38.6 Å². The summed E-state index contributed by atoms with van der Waals surface area (Å²) in [6.07, 6.45) is 5.13. The Morgan fingerprint density at radius 2 is 1.65 bits per heavy atom. The van der Waals surface area contributed by atoms with Gasteiger partial charge in [-0.2, -0.15) is 0 Å². The number of carbonyl (C=O) groups excluding carboxylic acids is 1. The lowest BCUT2D eigenvalue weighted by Gasteiger charge is -2.43. The second-order valence-electron chi connectivity index (χ2n) is 10.6. The third-order valence-corrected chi connectivity index (χ3v) is 8.53. The van der Waals surface area contributed by atoms with Crippen LogP contribution in [0.3, 0.4) is 0 Å². The molecule has 37 heavy (non-hydrogen) atoms. The fraction of sp³-hybridized carbons (Fsp3) is 0.364. The summed E-state index contributed by atoms with van der Waals surface area (Å²) >= 11 is 0. The van der Waals surface area contributed by atoms with Crippen LogP contribution in [0.5, 0.6) is 0 Å². The Labute approximate surface area is 221 Å². The standard InChI is InChI=1S/C33H39N3O/c1-4-33(35(2)3,26-15-9-6-10-16-26)23-21-30-32-28(27-17-11-12-18-29(27)34-32)22-24-36(30)31(37)20-19-25-13-7-5-8-14-25/h5-18,30,34H,4,19-24H2,1-3H3. The highest BCUT2D eigenvalue weighted by atomic mass is 16.2. The quantitative estimate of drug-likeness (QED) is 0.276. The summed E-state index contributed by atoms with van der Waals surface area (Å²) < 4.78 is 0. The molecule has 4 aromatic rings. The zero-order valence-corrected chi connectivity index (χ0v) is 22.4. The predicted molar refractivity (Wildman–Crippen MR) is 153 cm³/mol. The lowest BCUT2D eigenvalue weighted by atomic mass is 9.79. The van der Waals surface area contributed by atoms with Crippen molar-refractivity contribution in [3.05, 3.63) is 107 Å². The number of H-pyrrole nitrogens is 1. The van der Waals surface area contributed by atoms with Crippen LogP contribution in [0.1, 0.15) is 61.0 Å². The number of fused-ring (bicyclic) bond motifs is 3. The lowest BCUT2D eigenvalue weighted by Crippen LogP contribution is -2.44. The molecule has 0 saturated carbocycles. The Kier molecular flexibility index (Phi) is 7.48. The Morgan fingerprint density at radius 1 is 0.973 bits per heavy atom. The number of aromatic nitrogens is 1. The zero-order chi connectivity index (χ0) is 25.8. The van der Waals surface area contributed by atoms with E-state index in [1.54, 1.807) is 0 Å². The van der Waals surface area contributed by atoms with Gasteiger partial charge in [0.05, 0.1) is 6.04 Å². The molecule has 5 rings (SSSR count). The third-order valence-electron chi connectivity index (χ3n) is 8.53. The smallest absolute Gasteiger partial charge is 0.223 e. The van der Waals surface area contributed by atoms with Crippen molar-refractivity contribution in [2.75, 3.05) is 20.6 Å². The van der Waals surface area contributed by atoms with Crippen molar-refractivity contribution >= 4 is 16.8 Å². The number of nitrogens with zero attached hydrogens (tertiary/aromatic N) is 2. The molecule has 0 aliphatic carbocycles. The van der Waals surface area contributed by atoms with Gasteiger partial charge in [0.1, 0.15) is 0 Å². The van der Waals surface area contributed by atoms with Crippen molar-refractivity contribution in [1.29, 1.82) is 0 Å². The number of amides is 1. The van der Waals surface area contributed by atoms with E-state index in [1.165, 1.54) is 33.3 Å². The molecule has 1 N–H and O–H groups in total. The van der Waals surface area contributed by atoms with Gasteiger partial charge >= 0.3 is 0 Å². The maximum Gasteiger partial charge on any atom is 0.223 e. The first-order valence-electron chi connectivity index (χ1n) is 13.7. The summed E-state index contributed by atoms with van der Waals surface area (Å²) in [5.74, 6) is 0.254. The number of aromatic amines is 1. The largest absolute Gasteiger partial charge is 0.356 e. The molecule has 0 radical (unpaired) electrons. The van der Waals surface area contributed by atoms with Crippen LogP contribution in [-0.2, 0) is 23.2 Å². The number of rotatable bonds is 9. The summed E-state index contributed by atoms with van der Waals surface area (Å²) in [6, 6.07) is 29.9. The minimum Gasteiger partial charge on any atom is -0.356 e. The Balaban J connectivity index is 1.46. The second kappa shape index (κ2) is 10.9. The van der Waals surface area contributed by atoms with E-state index >= 15 is 0 Å². The Morgan fingerprint density at radius 3 is 2.35 bits per heavy atom. The summed E-state index contributed by atoms with van der Waals surface area (Å²) in [7, 11) is 4.38.